The second-order valence-electron chi connectivity index (χ2n) is 6.28. The molecular formula is C19H22N2O2S. The van der Waals surface area contributed by atoms with Crippen LogP contribution < -0.4 is 10.6 Å². The molecule has 126 valence electrons. The predicted molar refractivity (Wildman–Crippen MR) is 96.0 cm³/mol. The molecule has 24 heavy (non-hydrogen) atoms. The molecule has 3 rings (SSSR count). The van der Waals surface area contributed by atoms with Crippen LogP contribution in [-0.2, 0) is 22.4 Å². The van der Waals surface area contributed by atoms with E-state index in [1.807, 2.05) is 49.4 Å². The van der Waals surface area contributed by atoms with Crippen LogP contribution in [0, 0.1) is 6.92 Å². The van der Waals surface area contributed by atoms with Gasteiger partial charge in [0, 0.05) is 22.2 Å². The van der Waals surface area contributed by atoms with Gasteiger partial charge in [0.1, 0.15) is 6.04 Å². The number of carbonyl (C=O) groups is 2. The molecule has 0 saturated heterocycles. The van der Waals surface area contributed by atoms with Crippen molar-refractivity contribution in [3.63, 3.8) is 0 Å². The lowest BCUT2D eigenvalue weighted by Crippen LogP contribution is -2.49. The van der Waals surface area contributed by atoms with E-state index in [0.29, 0.717) is 12.8 Å². The summed E-state index contributed by atoms with van der Waals surface area (Å²) in [6.45, 7) is 2.02. The van der Waals surface area contributed by atoms with Crippen molar-refractivity contribution < 1.29 is 9.59 Å². The highest BCUT2D eigenvalue weighted by atomic mass is 32.1. The Labute approximate surface area is 146 Å². The molecule has 1 aromatic carbocycles. The number of hydrogen-bond acceptors (Lipinski definition) is 3. The third-order valence-electron chi connectivity index (χ3n) is 3.99. The van der Waals surface area contributed by atoms with Crippen molar-refractivity contribution in [1.29, 1.82) is 0 Å². The highest BCUT2D eigenvalue weighted by molar-refractivity contribution is 7.12. The Bertz CT molecular complexity index is 707. The van der Waals surface area contributed by atoms with E-state index in [0.717, 1.165) is 23.3 Å². The summed E-state index contributed by atoms with van der Waals surface area (Å²) in [4.78, 5) is 27.0. The highest BCUT2D eigenvalue weighted by Crippen LogP contribution is 2.19. The third kappa shape index (κ3) is 4.93. The first-order chi connectivity index (χ1) is 11.6. The Kier molecular flexibility index (Phi) is 5.30. The van der Waals surface area contributed by atoms with Crippen LogP contribution in [0.4, 0.5) is 0 Å². The summed E-state index contributed by atoms with van der Waals surface area (Å²) >= 11 is 1.61. The standard InChI is InChI=1S/C19H22N2O2S/c1-13-7-10-16(24-13)12-18(22)21-17(19(23)20-15-8-9-15)11-14-5-3-2-4-6-14/h2-7,10,15,17H,8-9,11-12H2,1H3,(H,20,23)(H,21,22)/t17-/m0/s1. The smallest absolute Gasteiger partial charge is 0.243 e. The Morgan fingerprint density at radius 3 is 2.54 bits per heavy atom. The maximum atomic E-state index is 12.5. The molecule has 5 heteroatoms. The molecule has 1 fully saturated rings. The summed E-state index contributed by atoms with van der Waals surface area (Å²) in [5, 5.41) is 5.91. The number of aryl methyl sites for hydroxylation is 1. The zero-order valence-electron chi connectivity index (χ0n) is 13.7. The first-order valence-electron chi connectivity index (χ1n) is 8.29. The normalized spacial score (nSPS) is 14.9. The Hall–Kier alpha value is -2.14. The Morgan fingerprint density at radius 1 is 1.17 bits per heavy atom. The Balaban J connectivity index is 1.63. The van der Waals surface area contributed by atoms with Crippen molar-refractivity contribution >= 4 is 23.2 Å². The molecule has 1 aliphatic carbocycles. The first kappa shape index (κ1) is 16.7. The van der Waals surface area contributed by atoms with Gasteiger partial charge in [-0.3, -0.25) is 9.59 Å². The second-order valence-corrected chi connectivity index (χ2v) is 7.65. The van der Waals surface area contributed by atoms with E-state index in [9.17, 15) is 9.59 Å². The van der Waals surface area contributed by atoms with Gasteiger partial charge in [-0.2, -0.15) is 0 Å². The van der Waals surface area contributed by atoms with Gasteiger partial charge < -0.3 is 10.6 Å². The maximum absolute atomic E-state index is 12.5. The average Bonchev–Trinajstić information content (AvgIpc) is 3.28. The van der Waals surface area contributed by atoms with Gasteiger partial charge in [0.15, 0.2) is 0 Å². The molecule has 0 aliphatic heterocycles. The monoisotopic (exact) mass is 342 g/mol. The van der Waals surface area contributed by atoms with Gasteiger partial charge in [0.2, 0.25) is 11.8 Å². The number of hydrogen-bond donors (Lipinski definition) is 2. The fraction of sp³-hybridized carbons (Fsp3) is 0.368. The van der Waals surface area contributed by atoms with Crippen molar-refractivity contribution in [1.82, 2.24) is 10.6 Å². The maximum Gasteiger partial charge on any atom is 0.243 e. The average molecular weight is 342 g/mol. The van der Waals surface area contributed by atoms with E-state index in [1.54, 1.807) is 11.3 Å². The zero-order chi connectivity index (χ0) is 16.9. The highest BCUT2D eigenvalue weighted by Gasteiger charge is 2.28. The lowest BCUT2D eigenvalue weighted by atomic mass is 10.0. The molecule has 1 aliphatic rings. The molecule has 1 aromatic heterocycles. The molecule has 4 nitrogen and oxygen atoms in total. The predicted octanol–water partition coefficient (Wildman–Crippen LogP) is 2.61. The van der Waals surface area contributed by atoms with Crippen molar-refractivity contribution in [3.05, 3.63) is 57.8 Å². The van der Waals surface area contributed by atoms with Gasteiger partial charge in [0.25, 0.3) is 0 Å². The number of rotatable bonds is 7. The van der Waals surface area contributed by atoms with E-state index in [1.165, 1.54) is 4.88 Å². The van der Waals surface area contributed by atoms with Crippen LogP contribution in [0.3, 0.4) is 0 Å². The molecule has 1 atom stereocenters. The molecule has 1 heterocycles. The first-order valence-corrected chi connectivity index (χ1v) is 9.11. The molecule has 0 unspecified atom stereocenters. The molecule has 1 saturated carbocycles. The van der Waals surface area contributed by atoms with Crippen molar-refractivity contribution in [3.8, 4) is 0 Å². The molecule has 0 radical (unpaired) electrons. The van der Waals surface area contributed by atoms with Crippen LogP contribution in [0.1, 0.15) is 28.2 Å². The minimum Gasteiger partial charge on any atom is -0.352 e. The summed E-state index contributed by atoms with van der Waals surface area (Å²) in [6, 6.07) is 13.5. The third-order valence-corrected chi connectivity index (χ3v) is 4.99. The largest absolute Gasteiger partial charge is 0.352 e. The van der Waals surface area contributed by atoms with E-state index < -0.39 is 6.04 Å². The fourth-order valence-electron chi connectivity index (χ4n) is 2.57. The van der Waals surface area contributed by atoms with Crippen LogP contribution in [0.15, 0.2) is 42.5 Å². The second kappa shape index (κ2) is 7.62. The van der Waals surface area contributed by atoms with Crippen molar-refractivity contribution in [2.45, 2.75) is 44.7 Å². The zero-order valence-corrected chi connectivity index (χ0v) is 14.6. The number of carbonyl (C=O) groups excluding carboxylic acids is 2. The van der Waals surface area contributed by atoms with Crippen LogP contribution in [0.5, 0.6) is 0 Å². The number of nitrogens with one attached hydrogen (secondary N) is 2. The van der Waals surface area contributed by atoms with Crippen LogP contribution >= 0.6 is 11.3 Å². The summed E-state index contributed by atoms with van der Waals surface area (Å²) in [5.41, 5.74) is 1.04. The SMILES string of the molecule is Cc1ccc(CC(=O)N[C@@H](Cc2ccccc2)C(=O)NC2CC2)s1. The van der Waals surface area contributed by atoms with Gasteiger partial charge >= 0.3 is 0 Å². The molecular weight excluding hydrogens is 320 g/mol. The van der Waals surface area contributed by atoms with E-state index >= 15 is 0 Å². The van der Waals surface area contributed by atoms with Gasteiger partial charge in [-0.05, 0) is 37.5 Å². The van der Waals surface area contributed by atoms with Gasteiger partial charge in [0.05, 0.1) is 6.42 Å². The molecule has 2 aromatic rings. The van der Waals surface area contributed by atoms with E-state index in [4.69, 9.17) is 0 Å². The van der Waals surface area contributed by atoms with Crippen LogP contribution in [0.2, 0.25) is 0 Å². The van der Waals surface area contributed by atoms with Crippen molar-refractivity contribution in [2.75, 3.05) is 0 Å². The van der Waals surface area contributed by atoms with E-state index in [-0.39, 0.29) is 17.9 Å². The number of thiophene rings is 1. The summed E-state index contributed by atoms with van der Waals surface area (Å²) < 4.78 is 0. The van der Waals surface area contributed by atoms with Gasteiger partial charge in [-0.15, -0.1) is 11.3 Å². The summed E-state index contributed by atoms with van der Waals surface area (Å²) in [7, 11) is 0. The topological polar surface area (TPSA) is 58.2 Å². The molecule has 0 spiro atoms. The lowest BCUT2D eigenvalue weighted by molar-refractivity contribution is -0.128. The molecule has 0 bridgehead atoms. The van der Waals surface area contributed by atoms with Crippen LogP contribution in [0.25, 0.3) is 0 Å². The number of benzene rings is 1. The minimum absolute atomic E-state index is 0.0861. The summed E-state index contributed by atoms with van der Waals surface area (Å²) in [5.74, 6) is -0.194. The van der Waals surface area contributed by atoms with Gasteiger partial charge in [-0.25, -0.2) is 0 Å². The molecule has 2 N–H and O–H groups in total. The Morgan fingerprint density at radius 2 is 1.92 bits per heavy atom. The van der Waals surface area contributed by atoms with Gasteiger partial charge in [-0.1, -0.05) is 30.3 Å². The minimum atomic E-state index is -0.526. The quantitative estimate of drug-likeness (QED) is 0.813. The number of amides is 2. The lowest BCUT2D eigenvalue weighted by Gasteiger charge is -2.18. The van der Waals surface area contributed by atoms with Crippen LogP contribution in [-0.4, -0.2) is 23.9 Å². The van der Waals surface area contributed by atoms with Crippen molar-refractivity contribution in [2.24, 2.45) is 0 Å². The summed E-state index contributed by atoms with van der Waals surface area (Å²) in [6.07, 6.45) is 2.90. The molecule has 2 amide bonds. The van der Waals surface area contributed by atoms with E-state index in [2.05, 4.69) is 10.6 Å². The fourth-order valence-corrected chi connectivity index (χ4v) is 3.46.